The van der Waals surface area contributed by atoms with E-state index in [-0.39, 0.29) is 0 Å². The summed E-state index contributed by atoms with van der Waals surface area (Å²) in [5.41, 5.74) is 0. The number of hydrogen-bond acceptors (Lipinski definition) is 2. The van der Waals surface area contributed by atoms with Crippen molar-refractivity contribution in [1.82, 2.24) is 20.2 Å². The molecule has 2 rings (SSSR count). The number of nitrogens with zero attached hydrogens (tertiary/aromatic N) is 3. The third-order valence-electron chi connectivity index (χ3n) is 4.52. The van der Waals surface area contributed by atoms with Gasteiger partial charge in [0.2, 0.25) is 0 Å². The van der Waals surface area contributed by atoms with Crippen LogP contribution in [0.2, 0.25) is 0 Å². The van der Waals surface area contributed by atoms with Crippen molar-refractivity contribution < 1.29 is 0 Å². The normalized spacial score (nSPS) is 25.7. The Labute approximate surface area is 141 Å². The molecule has 5 heteroatoms. The smallest absolute Gasteiger partial charge is 0.191 e. The average molecular weight is 319 g/mol. The first-order chi connectivity index (χ1) is 11.0. The van der Waals surface area contributed by atoms with E-state index in [1.165, 1.54) is 19.3 Å². The van der Waals surface area contributed by atoms with Crippen LogP contribution < -0.4 is 10.6 Å². The van der Waals surface area contributed by atoms with E-state index in [2.05, 4.69) is 59.1 Å². The summed E-state index contributed by atoms with van der Waals surface area (Å²) in [7, 11) is 1.84. The molecule has 0 amide bonds. The number of imidazole rings is 1. The highest BCUT2D eigenvalue weighted by molar-refractivity contribution is 5.79. The summed E-state index contributed by atoms with van der Waals surface area (Å²) < 4.78 is 2.22. The van der Waals surface area contributed by atoms with Crippen molar-refractivity contribution in [1.29, 1.82) is 0 Å². The molecule has 0 aliphatic heterocycles. The highest BCUT2D eigenvalue weighted by Gasteiger charge is 2.24. The second kappa shape index (κ2) is 8.37. The minimum atomic E-state index is 0.523. The zero-order valence-corrected chi connectivity index (χ0v) is 15.3. The van der Waals surface area contributed by atoms with Gasteiger partial charge in [-0.1, -0.05) is 27.7 Å². The van der Waals surface area contributed by atoms with E-state index in [0.717, 1.165) is 30.2 Å². The fourth-order valence-electron chi connectivity index (χ4n) is 3.68. The van der Waals surface area contributed by atoms with Crippen LogP contribution in [0.15, 0.2) is 17.4 Å². The van der Waals surface area contributed by atoms with Gasteiger partial charge in [-0.15, -0.1) is 0 Å². The molecule has 23 heavy (non-hydrogen) atoms. The van der Waals surface area contributed by atoms with Crippen LogP contribution in [-0.2, 0) is 13.1 Å². The second-order valence-corrected chi connectivity index (χ2v) is 7.57. The molecule has 2 N–H and O–H groups in total. The molecule has 0 bridgehead atoms. The lowest BCUT2D eigenvalue weighted by Crippen LogP contribution is -2.46. The number of rotatable bonds is 5. The summed E-state index contributed by atoms with van der Waals surface area (Å²) in [5, 5.41) is 7.01. The molecule has 1 aromatic heterocycles. The predicted octanol–water partition coefficient (Wildman–Crippen LogP) is 3.03. The maximum absolute atomic E-state index is 4.46. The number of hydrogen-bond donors (Lipinski definition) is 2. The first kappa shape index (κ1) is 17.8. The summed E-state index contributed by atoms with van der Waals surface area (Å²) in [6.45, 7) is 10.9. The molecule has 1 aliphatic carbocycles. The Hall–Kier alpha value is -1.52. The van der Waals surface area contributed by atoms with Gasteiger partial charge in [0.15, 0.2) is 5.96 Å². The van der Waals surface area contributed by atoms with Crippen molar-refractivity contribution in [2.45, 2.75) is 66.1 Å². The fraction of sp³-hybridized carbons (Fsp3) is 0.778. The number of aliphatic imine (C=N–C) groups is 1. The van der Waals surface area contributed by atoms with Gasteiger partial charge in [0.25, 0.3) is 0 Å². The first-order valence-corrected chi connectivity index (χ1v) is 8.95. The van der Waals surface area contributed by atoms with E-state index < -0.39 is 0 Å². The SMILES string of the molecule is CN=C(NCc1nccn1CC(C)C)NC1CC(C)CC(C)C1. The van der Waals surface area contributed by atoms with E-state index in [0.29, 0.717) is 18.5 Å². The van der Waals surface area contributed by atoms with Crippen molar-refractivity contribution >= 4 is 5.96 Å². The van der Waals surface area contributed by atoms with Crippen LogP contribution in [0.1, 0.15) is 52.8 Å². The Bertz CT molecular complexity index is 495. The number of aromatic nitrogens is 2. The van der Waals surface area contributed by atoms with Crippen molar-refractivity contribution in [3.8, 4) is 0 Å². The van der Waals surface area contributed by atoms with Gasteiger partial charge in [0.1, 0.15) is 5.82 Å². The average Bonchev–Trinajstić information content (AvgIpc) is 2.88. The second-order valence-electron chi connectivity index (χ2n) is 7.57. The fourth-order valence-corrected chi connectivity index (χ4v) is 3.68. The lowest BCUT2D eigenvalue weighted by molar-refractivity contribution is 0.255. The summed E-state index contributed by atoms with van der Waals surface area (Å²) in [6, 6.07) is 0.523. The monoisotopic (exact) mass is 319 g/mol. The van der Waals surface area contributed by atoms with Crippen molar-refractivity contribution in [3.05, 3.63) is 18.2 Å². The molecule has 5 nitrogen and oxygen atoms in total. The Morgan fingerprint density at radius 2 is 2.00 bits per heavy atom. The molecule has 130 valence electrons. The summed E-state index contributed by atoms with van der Waals surface area (Å²) in [5.74, 6) is 4.15. The molecule has 0 radical (unpaired) electrons. The Morgan fingerprint density at radius 1 is 1.30 bits per heavy atom. The Balaban J connectivity index is 1.87. The van der Waals surface area contributed by atoms with Crippen LogP contribution in [0.4, 0.5) is 0 Å². The van der Waals surface area contributed by atoms with Gasteiger partial charge < -0.3 is 15.2 Å². The molecule has 1 aliphatic rings. The van der Waals surface area contributed by atoms with Crippen LogP contribution in [0.25, 0.3) is 0 Å². The van der Waals surface area contributed by atoms with Gasteiger partial charge in [-0.25, -0.2) is 4.98 Å². The van der Waals surface area contributed by atoms with Crippen molar-refractivity contribution in [2.75, 3.05) is 7.05 Å². The van der Waals surface area contributed by atoms with Crippen LogP contribution in [-0.4, -0.2) is 28.6 Å². The molecule has 0 saturated heterocycles. The maximum Gasteiger partial charge on any atom is 0.191 e. The van der Waals surface area contributed by atoms with Crippen LogP contribution in [0.3, 0.4) is 0 Å². The largest absolute Gasteiger partial charge is 0.354 e. The highest BCUT2D eigenvalue weighted by atomic mass is 15.2. The third kappa shape index (κ3) is 5.56. The summed E-state index contributed by atoms with van der Waals surface area (Å²) in [4.78, 5) is 8.84. The quantitative estimate of drug-likeness (QED) is 0.648. The number of nitrogens with one attached hydrogen (secondary N) is 2. The minimum absolute atomic E-state index is 0.523. The molecule has 1 heterocycles. The standard InChI is InChI=1S/C18H33N5/c1-13(2)12-23-7-6-20-17(23)11-21-18(19-5)22-16-9-14(3)8-15(4)10-16/h6-7,13-16H,8-12H2,1-5H3,(H2,19,21,22). The number of guanidine groups is 1. The predicted molar refractivity (Wildman–Crippen MR) is 96.4 cm³/mol. The lowest BCUT2D eigenvalue weighted by atomic mass is 9.80. The summed E-state index contributed by atoms with van der Waals surface area (Å²) in [6.07, 6.45) is 7.73. The topological polar surface area (TPSA) is 54.2 Å². The Kier molecular flexibility index (Phi) is 6.48. The first-order valence-electron chi connectivity index (χ1n) is 8.95. The highest BCUT2D eigenvalue weighted by Crippen LogP contribution is 2.28. The third-order valence-corrected chi connectivity index (χ3v) is 4.52. The van der Waals surface area contributed by atoms with E-state index in [1.807, 2.05) is 13.2 Å². The van der Waals surface area contributed by atoms with Gasteiger partial charge >= 0.3 is 0 Å². The molecule has 2 atom stereocenters. The van der Waals surface area contributed by atoms with Gasteiger partial charge in [0, 0.05) is 32.0 Å². The van der Waals surface area contributed by atoms with Gasteiger partial charge in [-0.2, -0.15) is 0 Å². The van der Waals surface area contributed by atoms with Gasteiger partial charge in [-0.05, 0) is 37.0 Å². The van der Waals surface area contributed by atoms with Crippen LogP contribution in [0.5, 0.6) is 0 Å². The minimum Gasteiger partial charge on any atom is -0.354 e. The van der Waals surface area contributed by atoms with Crippen molar-refractivity contribution in [2.24, 2.45) is 22.7 Å². The molecule has 0 spiro atoms. The van der Waals surface area contributed by atoms with Gasteiger partial charge in [0.05, 0.1) is 6.54 Å². The van der Waals surface area contributed by atoms with E-state index in [1.54, 1.807) is 0 Å². The van der Waals surface area contributed by atoms with Gasteiger partial charge in [-0.3, -0.25) is 4.99 Å². The molecular weight excluding hydrogens is 286 g/mol. The van der Waals surface area contributed by atoms with E-state index in [9.17, 15) is 0 Å². The zero-order valence-electron chi connectivity index (χ0n) is 15.3. The molecular formula is C18H33N5. The van der Waals surface area contributed by atoms with Crippen LogP contribution >= 0.6 is 0 Å². The zero-order chi connectivity index (χ0) is 16.8. The van der Waals surface area contributed by atoms with E-state index >= 15 is 0 Å². The molecule has 0 aromatic carbocycles. The maximum atomic E-state index is 4.46. The van der Waals surface area contributed by atoms with Crippen LogP contribution in [0, 0.1) is 17.8 Å². The molecule has 2 unspecified atom stereocenters. The lowest BCUT2D eigenvalue weighted by Gasteiger charge is -2.32. The Morgan fingerprint density at radius 3 is 2.61 bits per heavy atom. The van der Waals surface area contributed by atoms with Crippen molar-refractivity contribution in [3.63, 3.8) is 0 Å². The molecule has 1 aromatic rings. The van der Waals surface area contributed by atoms with E-state index in [4.69, 9.17) is 0 Å². The molecule has 1 saturated carbocycles. The summed E-state index contributed by atoms with van der Waals surface area (Å²) >= 11 is 0. The molecule has 1 fully saturated rings.